The van der Waals surface area contributed by atoms with E-state index in [1.165, 1.54) is 19.2 Å². The van der Waals surface area contributed by atoms with Gasteiger partial charge >= 0.3 is 6.03 Å². The Bertz CT molecular complexity index is 1090. The molecule has 1 aromatic heterocycles. The summed E-state index contributed by atoms with van der Waals surface area (Å²) in [6.07, 6.45) is 0.0912. The fourth-order valence-electron chi connectivity index (χ4n) is 3.87. The molecule has 31 heavy (non-hydrogen) atoms. The van der Waals surface area contributed by atoms with E-state index in [0.717, 1.165) is 16.8 Å². The summed E-state index contributed by atoms with van der Waals surface area (Å²) in [5.74, 6) is -0.993. The maximum absolute atomic E-state index is 13.6. The number of amides is 3. The number of halogens is 1. The van der Waals surface area contributed by atoms with Crippen LogP contribution in [-0.2, 0) is 24.3 Å². The van der Waals surface area contributed by atoms with Crippen LogP contribution in [0.5, 0.6) is 0 Å². The van der Waals surface area contributed by atoms with Crippen LogP contribution in [0.3, 0.4) is 0 Å². The van der Waals surface area contributed by atoms with Gasteiger partial charge in [0.2, 0.25) is 5.69 Å². The third kappa shape index (κ3) is 3.71. The molecule has 0 radical (unpaired) electrons. The number of benzene rings is 1. The highest BCUT2D eigenvalue weighted by Crippen LogP contribution is 2.29. The van der Waals surface area contributed by atoms with Crippen LogP contribution >= 0.6 is 0 Å². The van der Waals surface area contributed by atoms with Gasteiger partial charge in [0.15, 0.2) is 0 Å². The molecule has 3 amide bonds. The molecule has 2 aliphatic heterocycles. The second-order valence-corrected chi connectivity index (χ2v) is 7.61. The maximum Gasteiger partial charge on any atom is 0.322 e. The Morgan fingerprint density at radius 3 is 2.97 bits per heavy atom. The molecular weight excluding hydrogens is 405 g/mol. The fourth-order valence-corrected chi connectivity index (χ4v) is 3.87. The lowest BCUT2D eigenvalue weighted by Gasteiger charge is -2.33. The van der Waals surface area contributed by atoms with E-state index in [-0.39, 0.29) is 36.8 Å². The Balaban J connectivity index is 1.61. The number of fused-ring (bicyclic) bond motifs is 3. The van der Waals surface area contributed by atoms with E-state index in [2.05, 4.69) is 15.3 Å². The zero-order valence-corrected chi connectivity index (χ0v) is 17.1. The van der Waals surface area contributed by atoms with E-state index in [1.54, 1.807) is 9.58 Å². The molecule has 2 atom stereocenters. The number of rotatable bonds is 2. The van der Waals surface area contributed by atoms with Crippen LogP contribution in [0.1, 0.15) is 28.7 Å². The monoisotopic (exact) mass is 427 g/mol. The first kappa shape index (κ1) is 20.8. The Kier molecular flexibility index (Phi) is 5.34. The van der Waals surface area contributed by atoms with Gasteiger partial charge in [-0.3, -0.25) is 14.3 Å². The first-order valence-electron chi connectivity index (χ1n) is 9.80. The van der Waals surface area contributed by atoms with Crippen molar-refractivity contribution in [2.45, 2.75) is 38.6 Å². The van der Waals surface area contributed by atoms with Gasteiger partial charge in [-0.05, 0) is 25.1 Å². The van der Waals surface area contributed by atoms with Crippen LogP contribution in [0.4, 0.5) is 20.6 Å². The van der Waals surface area contributed by atoms with Crippen molar-refractivity contribution < 1.29 is 18.8 Å². The predicted molar refractivity (Wildman–Crippen MR) is 109 cm³/mol. The number of nitrogens with two attached hydrogens (primary N) is 1. The van der Waals surface area contributed by atoms with Crippen molar-refractivity contribution >= 4 is 23.3 Å². The molecule has 4 rings (SSSR count). The number of urea groups is 1. The minimum Gasteiger partial charge on any atom is -0.328 e. The van der Waals surface area contributed by atoms with E-state index in [9.17, 15) is 14.0 Å². The summed E-state index contributed by atoms with van der Waals surface area (Å²) in [6, 6.07) is 3.24. The average molecular weight is 427 g/mol. The molecule has 0 spiro atoms. The Hall–Kier alpha value is -3.49. The second-order valence-electron chi connectivity index (χ2n) is 7.61. The van der Waals surface area contributed by atoms with Gasteiger partial charge in [-0.2, -0.15) is 5.10 Å². The summed E-state index contributed by atoms with van der Waals surface area (Å²) in [5, 5.41) is 8.46. The van der Waals surface area contributed by atoms with E-state index in [0.29, 0.717) is 29.9 Å². The second kappa shape index (κ2) is 7.98. The molecule has 2 aliphatic rings. The lowest BCUT2D eigenvalue weighted by Crippen LogP contribution is -2.45. The Labute approximate surface area is 178 Å². The standard InChI is InChI=1S/C20H22FN7O3/c1-11-6-16-14(18-19(29)26(3)31-13(8-22)9-28(18)25-16)10-27(11)20(30)24-12-4-5-15(21)17(7-12)23-2/h4-5,7,11,13H,6,8-10,22H2,1,3H3,(H,24,30)/t11-,13+/m1/s1. The smallest absolute Gasteiger partial charge is 0.322 e. The van der Waals surface area contributed by atoms with Crippen molar-refractivity contribution in [2.24, 2.45) is 5.73 Å². The number of carbonyl (C=O) groups is 2. The van der Waals surface area contributed by atoms with Gasteiger partial charge in [-0.25, -0.2) is 19.1 Å². The van der Waals surface area contributed by atoms with Crippen molar-refractivity contribution in [3.8, 4) is 0 Å². The van der Waals surface area contributed by atoms with E-state index in [1.807, 2.05) is 6.92 Å². The molecule has 0 aliphatic carbocycles. The summed E-state index contributed by atoms with van der Waals surface area (Å²) in [4.78, 5) is 36.1. The molecule has 162 valence electrons. The van der Waals surface area contributed by atoms with Gasteiger partial charge in [0.25, 0.3) is 5.91 Å². The lowest BCUT2D eigenvalue weighted by atomic mass is 9.99. The summed E-state index contributed by atoms with van der Waals surface area (Å²) >= 11 is 0. The van der Waals surface area contributed by atoms with E-state index < -0.39 is 11.8 Å². The molecular formula is C20H22FN7O3. The van der Waals surface area contributed by atoms with Crippen LogP contribution in [0, 0.1) is 12.4 Å². The van der Waals surface area contributed by atoms with Crippen LogP contribution in [0.15, 0.2) is 18.2 Å². The third-order valence-electron chi connectivity index (χ3n) is 5.50. The highest BCUT2D eigenvalue weighted by Gasteiger charge is 2.37. The fraction of sp³-hybridized carbons (Fsp3) is 0.400. The molecule has 10 nitrogen and oxygen atoms in total. The van der Waals surface area contributed by atoms with Gasteiger partial charge in [0.1, 0.15) is 17.6 Å². The summed E-state index contributed by atoms with van der Waals surface area (Å²) in [5.41, 5.74) is 7.71. The molecule has 0 unspecified atom stereocenters. The minimum atomic E-state index is -0.646. The number of carbonyl (C=O) groups excluding carboxylic acids is 2. The van der Waals surface area contributed by atoms with E-state index in [4.69, 9.17) is 17.1 Å². The first-order chi connectivity index (χ1) is 14.8. The van der Waals surface area contributed by atoms with Gasteiger partial charge in [0.05, 0.1) is 25.4 Å². The van der Waals surface area contributed by atoms with Crippen molar-refractivity contribution in [1.29, 1.82) is 0 Å². The number of nitrogens with one attached hydrogen (secondary N) is 1. The highest BCUT2D eigenvalue weighted by atomic mass is 19.1. The highest BCUT2D eigenvalue weighted by molar-refractivity contribution is 5.94. The summed E-state index contributed by atoms with van der Waals surface area (Å²) < 4.78 is 15.2. The minimum absolute atomic E-state index is 0.170. The first-order valence-corrected chi connectivity index (χ1v) is 9.80. The van der Waals surface area contributed by atoms with Crippen molar-refractivity contribution in [2.75, 3.05) is 18.9 Å². The van der Waals surface area contributed by atoms with Crippen LogP contribution in [0.25, 0.3) is 4.85 Å². The average Bonchev–Trinajstić information content (AvgIpc) is 3.03. The summed E-state index contributed by atoms with van der Waals surface area (Å²) in [7, 11) is 1.53. The number of hydrogen-bond acceptors (Lipinski definition) is 5. The van der Waals surface area contributed by atoms with E-state index >= 15 is 0 Å². The normalized spacial score (nSPS) is 20.5. The molecule has 2 aromatic rings. The quantitative estimate of drug-likeness (QED) is 0.712. The van der Waals surface area contributed by atoms with Gasteiger partial charge in [-0.1, -0.05) is 0 Å². The molecule has 0 fully saturated rings. The molecule has 0 saturated heterocycles. The van der Waals surface area contributed by atoms with Crippen molar-refractivity contribution in [1.82, 2.24) is 19.7 Å². The molecule has 0 saturated carbocycles. The Morgan fingerprint density at radius 1 is 1.48 bits per heavy atom. The molecule has 3 N–H and O–H groups in total. The van der Waals surface area contributed by atoms with Crippen LogP contribution in [0.2, 0.25) is 0 Å². The molecule has 0 bridgehead atoms. The SMILES string of the molecule is [C-]#[N+]c1cc(NC(=O)N2Cc3c(nn4c3C(=O)N(C)O[C@@H](CN)C4)C[C@H]2C)ccc1F. The number of aromatic nitrogens is 2. The molecule has 3 heterocycles. The topological polar surface area (TPSA) is 110 Å². The van der Waals surface area contributed by atoms with Gasteiger partial charge < -0.3 is 16.0 Å². The number of hydroxylamine groups is 2. The van der Waals surface area contributed by atoms with Crippen molar-refractivity contribution in [3.05, 3.63) is 52.4 Å². The maximum atomic E-state index is 13.6. The number of anilines is 1. The van der Waals surface area contributed by atoms with Gasteiger partial charge in [0, 0.05) is 37.3 Å². The largest absolute Gasteiger partial charge is 0.328 e. The van der Waals surface area contributed by atoms with Crippen LogP contribution in [-0.4, -0.2) is 57.4 Å². The van der Waals surface area contributed by atoms with Crippen molar-refractivity contribution in [3.63, 3.8) is 0 Å². The summed E-state index contributed by atoms with van der Waals surface area (Å²) in [6.45, 7) is 9.67. The zero-order valence-electron chi connectivity index (χ0n) is 17.1. The number of hydrogen-bond donors (Lipinski definition) is 2. The predicted octanol–water partition coefficient (Wildman–Crippen LogP) is 1.90. The molecule has 1 aromatic carbocycles. The zero-order chi connectivity index (χ0) is 22.3. The molecule has 11 heteroatoms. The Morgan fingerprint density at radius 2 is 2.26 bits per heavy atom. The lowest BCUT2D eigenvalue weighted by molar-refractivity contribution is -0.144. The third-order valence-corrected chi connectivity index (χ3v) is 5.50. The number of nitrogens with zero attached hydrogens (tertiary/aromatic N) is 5. The van der Waals surface area contributed by atoms with Crippen LogP contribution < -0.4 is 11.1 Å². The van der Waals surface area contributed by atoms with Gasteiger partial charge in [-0.15, -0.1) is 0 Å².